The second kappa shape index (κ2) is 10.1. The van der Waals surface area contributed by atoms with Crippen LogP contribution in [0.25, 0.3) is 11.0 Å². The van der Waals surface area contributed by atoms with Gasteiger partial charge in [0.1, 0.15) is 5.82 Å². The number of nitrogens with one attached hydrogen (secondary N) is 2. The molecule has 4 aromatic rings. The van der Waals surface area contributed by atoms with Gasteiger partial charge in [0.05, 0.1) is 23.3 Å². The fourth-order valence-electron chi connectivity index (χ4n) is 3.71. The average molecular weight is 441 g/mol. The van der Waals surface area contributed by atoms with Gasteiger partial charge in [-0.05, 0) is 61.4 Å². The number of hydrogen-bond acceptors (Lipinski definition) is 5. The molecule has 1 aromatic heterocycles. The van der Waals surface area contributed by atoms with E-state index >= 15 is 0 Å². The summed E-state index contributed by atoms with van der Waals surface area (Å²) in [5, 5.41) is 4.08. The number of fused-ring (bicyclic) bond motifs is 1. The van der Waals surface area contributed by atoms with Gasteiger partial charge in [-0.25, -0.2) is 10.4 Å². The van der Waals surface area contributed by atoms with Crippen LogP contribution in [-0.4, -0.2) is 35.2 Å². The SMILES string of the molecule is CCN(CC)c1ccc(C=NNC(=O)c2ccc(C(N)c3nc4ccccc4[nH]3)cc2)cc1. The summed E-state index contributed by atoms with van der Waals surface area (Å²) < 4.78 is 0. The average Bonchev–Trinajstić information content (AvgIpc) is 3.30. The van der Waals surface area contributed by atoms with Crippen molar-refractivity contribution in [3.8, 4) is 0 Å². The maximum atomic E-state index is 12.4. The van der Waals surface area contributed by atoms with E-state index in [9.17, 15) is 4.79 Å². The van der Waals surface area contributed by atoms with Crippen LogP contribution in [0.3, 0.4) is 0 Å². The Morgan fingerprint density at radius 3 is 2.42 bits per heavy atom. The van der Waals surface area contributed by atoms with E-state index in [2.05, 4.69) is 51.4 Å². The van der Waals surface area contributed by atoms with Crippen LogP contribution >= 0.6 is 0 Å². The smallest absolute Gasteiger partial charge is 0.271 e. The van der Waals surface area contributed by atoms with Gasteiger partial charge in [-0.15, -0.1) is 0 Å². The molecule has 7 heteroatoms. The van der Waals surface area contributed by atoms with Crippen LogP contribution in [-0.2, 0) is 0 Å². The number of nitrogens with zero attached hydrogens (tertiary/aromatic N) is 3. The molecule has 0 fully saturated rings. The molecule has 33 heavy (non-hydrogen) atoms. The topological polar surface area (TPSA) is 99.4 Å². The Hall–Kier alpha value is -3.97. The molecule has 4 rings (SSSR count). The Morgan fingerprint density at radius 2 is 1.76 bits per heavy atom. The van der Waals surface area contributed by atoms with Gasteiger partial charge in [-0.1, -0.05) is 36.4 Å². The van der Waals surface area contributed by atoms with Crippen LogP contribution in [0, 0.1) is 0 Å². The van der Waals surface area contributed by atoms with Gasteiger partial charge in [-0.3, -0.25) is 4.79 Å². The molecule has 3 aromatic carbocycles. The Morgan fingerprint density at radius 1 is 1.06 bits per heavy atom. The second-order valence-electron chi connectivity index (χ2n) is 7.70. The molecule has 0 bridgehead atoms. The first-order valence-electron chi connectivity index (χ1n) is 11.1. The lowest BCUT2D eigenvalue weighted by atomic mass is 10.0. The van der Waals surface area contributed by atoms with Crippen LogP contribution in [0.1, 0.15) is 47.2 Å². The third-order valence-corrected chi connectivity index (χ3v) is 5.64. The monoisotopic (exact) mass is 440 g/mol. The van der Waals surface area contributed by atoms with E-state index in [-0.39, 0.29) is 5.91 Å². The largest absolute Gasteiger partial charge is 0.372 e. The summed E-state index contributed by atoms with van der Waals surface area (Å²) >= 11 is 0. The van der Waals surface area contributed by atoms with Crippen molar-refractivity contribution in [1.29, 1.82) is 0 Å². The molecule has 1 atom stereocenters. The van der Waals surface area contributed by atoms with Crippen LogP contribution in [0.4, 0.5) is 5.69 Å². The van der Waals surface area contributed by atoms with E-state index in [0.29, 0.717) is 11.4 Å². The number of benzene rings is 3. The highest BCUT2D eigenvalue weighted by Gasteiger charge is 2.14. The van der Waals surface area contributed by atoms with Crippen molar-refractivity contribution in [3.63, 3.8) is 0 Å². The summed E-state index contributed by atoms with van der Waals surface area (Å²) in [6.45, 7) is 6.19. The lowest BCUT2D eigenvalue weighted by molar-refractivity contribution is 0.0955. The summed E-state index contributed by atoms with van der Waals surface area (Å²) in [5.41, 5.74) is 14.2. The molecule has 1 unspecified atom stereocenters. The predicted molar refractivity (Wildman–Crippen MR) is 134 cm³/mol. The quantitative estimate of drug-likeness (QED) is 0.282. The fraction of sp³-hybridized carbons (Fsp3) is 0.192. The molecule has 7 nitrogen and oxygen atoms in total. The van der Waals surface area contributed by atoms with E-state index < -0.39 is 6.04 Å². The Kier molecular flexibility index (Phi) is 6.80. The lowest BCUT2D eigenvalue weighted by Gasteiger charge is -2.20. The van der Waals surface area contributed by atoms with Crippen LogP contribution in [0.5, 0.6) is 0 Å². The van der Waals surface area contributed by atoms with Crippen molar-refractivity contribution in [2.45, 2.75) is 19.9 Å². The van der Waals surface area contributed by atoms with Gasteiger partial charge in [0.2, 0.25) is 0 Å². The maximum absolute atomic E-state index is 12.4. The fourth-order valence-corrected chi connectivity index (χ4v) is 3.71. The molecule has 0 saturated heterocycles. The zero-order chi connectivity index (χ0) is 23.2. The van der Waals surface area contributed by atoms with E-state index in [1.54, 1.807) is 18.3 Å². The number of aromatic amines is 1. The molecule has 0 aliphatic carbocycles. The number of H-pyrrole nitrogens is 1. The maximum Gasteiger partial charge on any atom is 0.271 e. The zero-order valence-corrected chi connectivity index (χ0v) is 18.8. The van der Waals surface area contributed by atoms with E-state index in [1.165, 1.54) is 5.69 Å². The minimum Gasteiger partial charge on any atom is -0.372 e. The molecular formula is C26H28N6O. The zero-order valence-electron chi connectivity index (χ0n) is 18.8. The summed E-state index contributed by atoms with van der Waals surface area (Å²) in [6, 6.07) is 22.6. The standard InChI is InChI=1S/C26H28N6O/c1-3-32(4-2)21-15-9-18(10-16-21)17-28-31-26(33)20-13-11-19(12-14-20)24(27)25-29-22-7-5-6-8-23(22)30-25/h5-17,24H,3-4,27H2,1-2H3,(H,29,30)(H,31,33). The van der Waals surface area contributed by atoms with Gasteiger partial charge in [0, 0.05) is 24.3 Å². The highest BCUT2D eigenvalue weighted by atomic mass is 16.2. The first kappa shape index (κ1) is 22.2. The Balaban J connectivity index is 1.37. The van der Waals surface area contributed by atoms with Crippen LogP contribution < -0.4 is 16.1 Å². The number of hydrazone groups is 1. The number of anilines is 1. The van der Waals surface area contributed by atoms with Gasteiger partial charge in [-0.2, -0.15) is 5.10 Å². The van der Waals surface area contributed by atoms with Crippen molar-refractivity contribution in [3.05, 3.63) is 95.3 Å². The molecule has 1 heterocycles. The van der Waals surface area contributed by atoms with Gasteiger partial charge in [0.25, 0.3) is 5.91 Å². The minimum absolute atomic E-state index is 0.283. The minimum atomic E-state index is -0.410. The van der Waals surface area contributed by atoms with E-state index in [0.717, 1.165) is 35.2 Å². The number of carbonyl (C=O) groups is 1. The summed E-state index contributed by atoms with van der Waals surface area (Å²) in [5.74, 6) is 0.403. The van der Waals surface area contributed by atoms with Gasteiger partial charge >= 0.3 is 0 Å². The number of amides is 1. The highest BCUT2D eigenvalue weighted by molar-refractivity contribution is 5.95. The molecule has 0 aliphatic heterocycles. The van der Waals surface area contributed by atoms with Crippen LogP contribution in [0.2, 0.25) is 0 Å². The molecule has 168 valence electrons. The molecule has 1 amide bonds. The summed E-state index contributed by atoms with van der Waals surface area (Å²) in [6.07, 6.45) is 1.63. The third kappa shape index (κ3) is 5.10. The number of para-hydroxylation sites is 2. The van der Waals surface area contributed by atoms with Crippen molar-refractivity contribution in [2.75, 3.05) is 18.0 Å². The first-order chi connectivity index (χ1) is 16.1. The number of aromatic nitrogens is 2. The second-order valence-corrected chi connectivity index (χ2v) is 7.70. The Bertz CT molecular complexity index is 1210. The number of hydrogen-bond donors (Lipinski definition) is 3. The first-order valence-corrected chi connectivity index (χ1v) is 11.1. The van der Waals surface area contributed by atoms with Gasteiger partial charge < -0.3 is 15.6 Å². The number of carbonyl (C=O) groups excluding carboxylic acids is 1. The molecule has 0 saturated carbocycles. The lowest BCUT2D eigenvalue weighted by Crippen LogP contribution is -2.21. The highest BCUT2D eigenvalue weighted by Crippen LogP contribution is 2.21. The Labute approximate surface area is 193 Å². The molecule has 0 radical (unpaired) electrons. The molecule has 0 aliphatic rings. The van der Waals surface area contributed by atoms with Crippen molar-refractivity contribution in [2.24, 2.45) is 10.8 Å². The van der Waals surface area contributed by atoms with Crippen molar-refractivity contribution < 1.29 is 4.79 Å². The van der Waals surface area contributed by atoms with Crippen LogP contribution in [0.15, 0.2) is 77.9 Å². The van der Waals surface area contributed by atoms with Crippen molar-refractivity contribution >= 4 is 28.8 Å². The summed E-state index contributed by atoms with van der Waals surface area (Å²) in [7, 11) is 0. The van der Waals surface area contributed by atoms with Gasteiger partial charge in [0.15, 0.2) is 0 Å². The van der Waals surface area contributed by atoms with Crippen molar-refractivity contribution in [1.82, 2.24) is 15.4 Å². The molecule has 0 spiro atoms. The normalized spacial score (nSPS) is 12.2. The third-order valence-electron chi connectivity index (χ3n) is 5.64. The predicted octanol–water partition coefficient (Wildman–Crippen LogP) is 4.22. The van der Waals surface area contributed by atoms with E-state index in [1.807, 2.05) is 48.5 Å². The summed E-state index contributed by atoms with van der Waals surface area (Å²) in [4.78, 5) is 22.5. The number of imidazole rings is 1. The molecular weight excluding hydrogens is 412 g/mol. The molecule has 4 N–H and O–H groups in total. The number of nitrogens with two attached hydrogens (primary N) is 1. The van der Waals surface area contributed by atoms with E-state index in [4.69, 9.17) is 5.73 Å². The number of rotatable bonds is 8.